The number of fused-ring (bicyclic) bond motifs is 3. The molecule has 0 aliphatic heterocycles. The summed E-state index contributed by atoms with van der Waals surface area (Å²) >= 11 is 0. The third-order valence-electron chi connectivity index (χ3n) is 2.98. The molecule has 3 heteroatoms. The van der Waals surface area contributed by atoms with Gasteiger partial charge in [0.1, 0.15) is 11.3 Å². The number of hydrogen-bond acceptors (Lipinski definition) is 2. The molecule has 0 radical (unpaired) electrons. The van der Waals surface area contributed by atoms with E-state index < -0.39 is 0 Å². The summed E-state index contributed by atoms with van der Waals surface area (Å²) in [6.07, 6.45) is 4.76. The van der Waals surface area contributed by atoms with Gasteiger partial charge in [-0.15, -0.1) is 0 Å². The van der Waals surface area contributed by atoms with Crippen LogP contribution in [0, 0.1) is 0 Å². The van der Waals surface area contributed by atoms with E-state index >= 15 is 0 Å². The van der Waals surface area contributed by atoms with Crippen molar-refractivity contribution in [1.29, 1.82) is 0 Å². The van der Waals surface area contributed by atoms with Gasteiger partial charge in [0.25, 0.3) is 0 Å². The Morgan fingerprint density at radius 3 is 2.80 bits per heavy atom. The van der Waals surface area contributed by atoms with Gasteiger partial charge in [-0.05, 0) is 37.5 Å². The van der Waals surface area contributed by atoms with E-state index in [1.807, 2.05) is 18.2 Å². The molecule has 0 saturated carbocycles. The Morgan fingerprint density at radius 1 is 1.13 bits per heavy atom. The molecule has 0 amide bonds. The fraction of sp³-hybridized carbons (Fsp3) is 0.333. The molecule has 1 aromatic carbocycles. The first kappa shape index (κ1) is 10.4. The van der Waals surface area contributed by atoms with Gasteiger partial charge >= 0.3 is 0 Å². The van der Waals surface area contributed by atoms with Crippen molar-refractivity contribution in [2.75, 3.05) is 5.73 Å². The minimum Gasteiger partial charge on any atom is -1.00 e. The lowest BCUT2D eigenvalue weighted by Gasteiger charge is -2.08. The highest BCUT2D eigenvalue weighted by atomic mass is 35.5. The summed E-state index contributed by atoms with van der Waals surface area (Å²) in [6.45, 7) is 0. The van der Waals surface area contributed by atoms with E-state index in [0.717, 1.165) is 24.1 Å². The summed E-state index contributed by atoms with van der Waals surface area (Å²) in [5.41, 5.74) is 8.98. The fourth-order valence-electron chi connectivity index (χ4n) is 2.28. The molecule has 0 bridgehead atoms. The van der Waals surface area contributed by atoms with Crippen LogP contribution >= 0.6 is 0 Å². The molecule has 3 rings (SSSR count). The SMILES string of the molecule is Nc1ccc2oc3c(c2c1)CCCC3.[Cl-]. The summed E-state index contributed by atoms with van der Waals surface area (Å²) in [4.78, 5) is 0. The number of nitrogen functional groups attached to an aromatic ring is 1. The number of hydrogen-bond donors (Lipinski definition) is 1. The number of anilines is 1. The van der Waals surface area contributed by atoms with Crippen LogP contribution < -0.4 is 18.1 Å². The number of furan rings is 1. The van der Waals surface area contributed by atoms with Crippen molar-refractivity contribution in [3.63, 3.8) is 0 Å². The van der Waals surface area contributed by atoms with Crippen LogP contribution in [0.3, 0.4) is 0 Å². The quantitative estimate of drug-likeness (QED) is 0.633. The Labute approximate surface area is 94.9 Å². The molecule has 0 unspecified atom stereocenters. The number of aryl methyl sites for hydroxylation is 2. The number of nitrogens with two attached hydrogens (primary N) is 1. The highest BCUT2D eigenvalue weighted by Crippen LogP contribution is 2.32. The van der Waals surface area contributed by atoms with E-state index in [4.69, 9.17) is 10.2 Å². The van der Waals surface area contributed by atoms with Gasteiger partial charge in [0, 0.05) is 23.1 Å². The van der Waals surface area contributed by atoms with Gasteiger partial charge in [0.2, 0.25) is 0 Å². The van der Waals surface area contributed by atoms with Crippen molar-refractivity contribution in [2.45, 2.75) is 25.7 Å². The summed E-state index contributed by atoms with van der Waals surface area (Å²) in [5, 5.41) is 1.22. The van der Waals surface area contributed by atoms with Gasteiger partial charge in [0.05, 0.1) is 0 Å². The minimum atomic E-state index is 0. The molecule has 0 atom stereocenters. The van der Waals surface area contributed by atoms with E-state index in [2.05, 4.69) is 0 Å². The lowest BCUT2D eigenvalue weighted by atomic mass is 9.96. The number of halogens is 1. The van der Waals surface area contributed by atoms with E-state index in [9.17, 15) is 0 Å². The number of rotatable bonds is 0. The van der Waals surface area contributed by atoms with Crippen LogP contribution in [-0.2, 0) is 12.8 Å². The Bertz CT molecular complexity index is 490. The number of benzene rings is 1. The van der Waals surface area contributed by atoms with Crippen LogP contribution in [0.5, 0.6) is 0 Å². The Hall–Kier alpha value is -1.15. The average Bonchev–Trinajstić information content (AvgIpc) is 2.56. The van der Waals surface area contributed by atoms with Crippen LogP contribution in [0.25, 0.3) is 11.0 Å². The monoisotopic (exact) mass is 222 g/mol. The summed E-state index contributed by atoms with van der Waals surface area (Å²) in [6, 6.07) is 5.91. The normalized spacial score (nSPS) is 14.7. The minimum absolute atomic E-state index is 0. The molecule has 15 heavy (non-hydrogen) atoms. The van der Waals surface area contributed by atoms with Gasteiger partial charge in [-0.25, -0.2) is 0 Å². The molecular weight excluding hydrogens is 210 g/mol. The second-order valence-electron chi connectivity index (χ2n) is 3.97. The predicted octanol–water partition coefficient (Wildman–Crippen LogP) is -0.102. The maximum Gasteiger partial charge on any atom is 0.134 e. The highest BCUT2D eigenvalue weighted by molar-refractivity contribution is 5.85. The maximum atomic E-state index is 5.79. The van der Waals surface area contributed by atoms with E-state index in [-0.39, 0.29) is 12.4 Å². The van der Waals surface area contributed by atoms with Crippen LogP contribution in [0.15, 0.2) is 22.6 Å². The lowest BCUT2D eigenvalue weighted by Crippen LogP contribution is -3.00. The summed E-state index contributed by atoms with van der Waals surface area (Å²) < 4.78 is 5.79. The molecule has 1 heterocycles. The smallest absolute Gasteiger partial charge is 0.134 e. The molecule has 1 aliphatic rings. The van der Waals surface area contributed by atoms with Crippen molar-refractivity contribution >= 4 is 16.7 Å². The van der Waals surface area contributed by atoms with Gasteiger partial charge in [-0.1, -0.05) is 0 Å². The van der Waals surface area contributed by atoms with Crippen LogP contribution in [0.1, 0.15) is 24.2 Å². The Balaban J connectivity index is 0.000000853. The van der Waals surface area contributed by atoms with Crippen LogP contribution in [-0.4, -0.2) is 0 Å². The molecule has 1 aromatic heterocycles. The van der Waals surface area contributed by atoms with Crippen molar-refractivity contribution in [2.24, 2.45) is 0 Å². The first-order valence-corrected chi connectivity index (χ1v) is 5.14. The first-order valence-electron chi connectivity index (χ1n) is 5.14. The summed E-state index contributed by atoms with van der Waals surface area (Å²) in [7, 11) is 0. The maximum absolute atomic E-state index is 5.79. The second kappa shape index (κ2) is 3.78. The predicted molar refractivity (Wildman–Crippen MR) is 57.3 cm³/mol. The second-order valence-corrected chi connectivity index (χ2v) is 3.97. The standard InChI is InChI=1S/C12H13NO.ClH/c13-8-5-6-12-10(7-8)9-3-1-2-4-11(9)14-12;/h5-7H,1-4,13H2;1H/p-1. The third kappa shape index (κ3) is 1.59. The third-order valence-corrected chi connectivity index (χ3v) is 2.98. The van der Waals surface area contributed by atoms with E-state index in [1.165, 1.54) is 29.6 Å². The van der Waals surface area contributed by atoms with Crippen molar-refractivity contribution in [3.05, 3.63) is 29.5 Å². The molecule has 80 valence electrons. The summed E-state index contributed by atoms with van der Waals surface area (Å²) in [5.74, 6) is 1.18. The topological polar surface area (TPSA) is 39.2 Å². The molecule has 2 N–H and O–H groups in total. The van der Waals surface area contributed by atoms with Gasteiger partial charge in [0.15, 0.2) is 0 Å². The lowest BCUT2D eigenvalue weighted by molar-refractivity contribution is -0.00000337. The zero-order valence-corrected chi connectivity index (χ0v) is 9.18. The Kier molecular flexibility index (Phi) is 2.61. The molecule has 1 aliphatic carbocycles. The van der Waals surface area contributed by atoms with Crippen LogP contribution in [0.2, 0.25) is 0 Å². The zero-order chi connectivity index (χ0) is 9.54. The fourth-order valence-corrected chi connectivity index (χ4v) is 2.28. The van der Waals surface area contributed by atoms with Gasteiger partial charge < -0.3 is 22.6 Å². The van der Waals surface area contributed by atoms with Crippen molar-refractivity contribution in [1.82, 2.24) is 0 Å². The van der Waals surface area contributed by atoms with Crippen molar-refractivity contribution in [3.8, 4) is 0 Å². The molecule has 0 spiro atoms. The zero-order valence-electron chi connectivity index (χ0n) is 8.42. The largest absolute Gasteiger partial charge is 1.00 e. The van der Waals surface area contributed by atoms with Gasteiger partial charge in [-0.2, -0.15) is 0 Å². The molecule has 2 aromatic rings. The molecular formula is C12H13ClNO-. The molecule has 2 nitrogen and oxygen atoms in total. The van der Waals surface area contributed by atoms with E-state index in [0.29, 0.717) is 0 Å². The van der Waals surface area contributed by atoms with Gasteiger partial charge in [-0.3, -0.25) is 0 Å². The average molecular weight is 223 g/mol. The first-order chi connectivity index (χ1) is 6.84. The molecule has 0 saturated heterocycles. The Morgan fingerprint density at radius 2 is 1.93 bits per heavy atom. The van der Waals surface area contributed by atoms with E-state index in [1.54, 1.807) is 0 Å². The van der Waals surface area contributed by atoms with Crippen molar-refractivity contribution < 1.29 is 16.8 Å². The van der Waals surface area contributed by atoms with Crippen LogP contribution in [0.4, 0.5) is 5.69 Å². The highest BCUT2D eigenvalue weighted by Gasteiger charge is 2.17. The molecule has 0 fully saturated rings.